The number of aromatic nitrogens is 1. The summed E-state index contributed by atoms with van der Waals surface area (Å²) >= 11 is 12.7. The lowest BCUT2D eigenvalue weighted by molar-refractivity contribution is 0.628. The second-order valence-electron chi connectivity index (χ2n) is 9.86. The largest absolute Gasteiger partial charge is 0.399 e. The standard InChI is InChI=1S/C30H28Cl2FN7/c1-16(2)37-15-26(35)30(21-4-3-5-27-20(21)8-9-36-27)40-19-10-22-28(39-18-6-7-25(33)23(31)11-18)17(13-34)14-38-29(22)24(32)12-19/h3-7,10-12,14-16,30,36-37,40H,8-9,35H2,1-2H3,(H,38,39)/b26-15-. The van der Waals surface area contributed by atoms with Gasteiger partial charge in [0.1, 0.15) is 11.9 Å². The van der Waals surface area contributed by atoms with E-state index in [2.05, 4.69) is 44.5 Å². The first-order valence-electron chi connectivity index (χ1n) is 12.8. The quantitative estimate of drug-likeness (QED) is 0.151. The number of nitrogens with zero attached hydrogens (tertiary/aromatic N) is 2. The maximum atomic E-state index is 13.8. The Bertz CT molecular complexity index is 1660. The maximum absolute atomic E-state index is 13.8. The van der Waals surface area contributed by atoms with Crippen LogP contribution in [0, 0.1) is 17.1 Å². The van der Waals surface area contributed by atoms with Crippen LogP contribution in [-0.4, -0.2) is 17.6 Å². The van der Waals surface area contributed by atoms with E-state index in [4.69, 9.17) is 28.9 Å². The Hall–Kier alpha value is -4.19. The average molecular weight is 577 g/mol. The van der Waals surface area contributed by atoms with E-state index in [9.17, 15) is 9.65 Å². The molecule has 0 amide bonds. The topological polar surface area (TPSA) is 111 Å². The lowest BCUT2D eigenvalue weighted by atomic mass is 9.96. The van der Waals surface area contributed by atoms with E-state index in [-0.39, 0.29) is 17.1 Å². The molecule has 10 heteroatoms. The number of hydrogen-bond donors (Lipinski definition) is 5. The van der Waals surface area contributed by atoms with Gasteiger partial charge < -0.3 is 27.0 Å². The number of pyridine rings is 1. The summed E-state index contributed by atoms with van der Waals surface area (Å²) in [5.74, 6) is -0.534. The van der Waals surface area contributed by atoms with Gasteiger partial charge in [-0.1, -0.05) is 35.3 Å². The molecule has 1 aliphatic heterocycles. The average Bonchev–Trinajstić information content (AvgIpc) is 3.42. The molecule has 204 valence electrons. The highest BCUT2D eigenvalue weighted by molar-refractivity contribution is 6.36. The second kappa shape index (κ2) is 11.5. The predicted octanol–water partition coefficient (Wildman–Crippen LogP) is 7.22. The van der Waals surface area contributed by atoms with Gasteiger partial charge in [-0.3, -0.25) is 4.98 Å². The minimum atomic E-state index is -0.534. The fourth-order valence-electron chi connectivity index (χ4n) is 4.78. The SMILES string of the molecule is CC(C)N/C=C(\N)C(Nc1cc(Cl)c2ncc(C#N)c(Nc3ccc(F)c(Cl)c3)c2c1)c1cccc2c1CCN2. The molecule has 2 heterocycles. The minimum absolute atomic E-state index is 0.0350. The Morgan fingerprint density at radius 3 is 2.70 bits per heavy atom. The molecule has 4 aromatic rings. The highest BCUT2D eigenvalue weighted by atomic mass is 35.5. The molecule has 0 fully saturated rings. The van der Waals surface area contributed by atoms with Crippen LogP contribution in [0.3, 0.4) is 0 Å². The minimum Gasteiger partial charge on any atom is -0.399 e. The lowest BCUT2D eigenvalue weighted by Crippen LogP contribution is -2.24. The van der Waals surface area contributed by atoms with Crippen molar-refractivity contribution < 1.29 is 4.39 Å². The Balaban J connectivity index is 1.61. The van der Waals surface area contributed by atoms with E-state index in [1.807, 2.05) is 32.2 Å². The van der Waals surface area contributed by atoms with Gasteiger partial charge >= 0.3 is 0 Å². The Kier molecular flexibility index (Phi) is 7.88. The van der Waals surface area contributed by atoms with Gasteiger partial charge in [0.05, 0.1) is 38.6 Å². The van der Waals surface area contributed by atoms with Gasteiger partial charge in [-0.15, -0.1) is 0 Å². The van der Waals surface area contributed by atoms with Gasteiger partial charge in [-0.25, -0.2) is 4.39 Å². The molecule has 0 aliphatic carbocycles. The van der Waals surface area contributed by atoms with E-state index in [0.29, 0.717) is 44.2 Å². The van der Waals surface area contributed by atoms with Crippen LogP contribution in [0.5, 0.6) is 0 Å². The maximum Gasteiger partial charge on any atom is 0.141 e. The fourth-order valence-corrected chi connectivity index (χ4v) is 5.22. The number of nitriles is 1. The van der Waals surface area contributed by atoms with Crippen molar-refractivity contribution in [2.24, 2.45) is 5.73 Å². The zero-order valence-electron chi connectivity index (χ0n) is 21.9. The second-order valence-corrected chi connectivity index (χ2v) is 10.7. The smallest absolute Gasteiger partial charge is 0.141 e. The summed E-state index contributed by atoms with van der Waals surface area (Å²) < 4.78 is 13.8. The van der Waals surface area contributed by atoms with Crippen molar-refractivity contribution in [1.82, 2.24) is 10.3 Å². The summed E-state index contributed by atoms with van der Waals surface area (Å²) in [6, 6.07) is 16.1. The van der Waals surface area contributed by atoms with Crippen molar-refractivity contribution in [2.45, 2.75) is 32.4 Å². The predicted molar refractivity (Wildman–Crippen MR) is 162 cm³/mol. The molecular weight excluding hydrogens is 548 g/mol. The first-order chi connectivity index (χ1) is 19.2. The zero-order valence-corrected chi connectivity index (χ0v) is 23.5. The fraction of sp³-hybridized carbons (Fsp3) is 0.200. The van der Waals surface area contributed by atoms with Crippen LogP contribution in [-0.2, 0) is 6.42 Å². The van der Waals surface area contributed by atoms with Gasteiger partial charge in [0.2, 0.25) is 0 Å². The van der Waals surface area contributed by atoms with Crippen molar-refractivity contribution in [3.05, 3.63) is 99.2 Å². The molecular formula is C30H28Cl2FN7. The van der Waals surface area contributed by atoms with E-state index in [1.54, 1.807) is 12.1 Å². The number of nitrogens with one attached hydrogen (secondary N) is 4. The number of halogens is 3. The Morgan fingerprint density at radius 1 is 1.15 bits per heavy atom. The molecule has 40 heavy (non-hydrogen) atoms. The van der Waals surface area contributed by atoms with Crippen LogP contribution >= 0.6 is 23.2 Å². The van der Waals surface area contributed by atoms with E-state index in [0.717, 1.165) is 24.2 Å². The summed E-state index contributed by atoms with van der Waals surface area (Å²) in [5.41, 5.74) is 13.1. The van der Waals surface area contributed by atoms with Crippen molar-refractivity contribution >= 4 is 56.9 Å². The monoisotopic (exact) mass is 575 g/mol. The van der Waals surface area contributed by atoms with Gasteiger partial charge in [0.15, 0.2) is 0 Å². The molecule has 1 aromatic heterocycles. The van der Waals surface area contributed by atoms with Crippen LogP contribution in [0.15, 0.2) is 66.6 Å². The number of anilines is 4. The molecule has 0 radical (unpaired) electrons. The third-order valence-electron chi connectivity index (χ3n) is 6.68. The number of benzene rings is 3. The van der Waals surface area contributed by atoms with Crippen molar-refractivity contribution in [2.75, 3.05) is 22.5 Å². The molecule has 7 nitrogen and oxygen atoms in total. The van der Waals surface area contributed by atoms with Gasteiger partial charge in [-0.2, -0.15) is 5.26 Å². The number of rotatable bonds is 8. The highest BCUT2D eigenvalue weighted by Crippen LogP contribution is 2.38. The number of fused-ring (bicyclic) bond motifs is 2. The summed E-state index contributed by atoms with van der Waals surface area (Å²) in [5, 5.41) is 24.3. The summed E-state index contributed by atoms with van der Waals surface area (Å²) in [6.45, 7) is 4.95. The highest BCUT2D eigenvalue weighted by Gasteiger charge is 2.23. The summed E-state index contributed by atoms with van der Waals surface area (Å²) in [6.07, 6.45) is 4.17. The number of hydrogen-bond acceptors (Lipinski definition) is 7. The summed E-state index contributed by atoms with van der Waals surface area (Å²) in [4.78, 5) is 4.43. The molecule has 0 bridgehead atoms. The molecule has 5 rings (SSSR count). The number of nitrogens with two attached hydrogens (primary N) is 1. The van der Waals surface area contributed by atoms with Crippen LogP contribution in [0.2, 0.25) is 10.0 Å². The normalized spacial score (nSPS) is 13.5. The summed E-state index contributed by atoms with van der Waals surface area (Å²) in [7, 11) is 0. The molecule has 0 saturated heterocycles. The van der Waals surface area contributed by atoms with E-state index >= 15 is 0 Å². The van der Waals surface area contributed by atoms with E-state index in [1.165, 1.54) is 23.9 Å². The third-order valence-corrected chi connectivity index (χ3v) is 7.25. The van der Waals surface area contributed by atoms with Gasteiger partial charge in [-0.05, 0) is 67.8 Å². The molecule has 1 unspecified atom stereocenters. The van der Waals surface area contributed by atoms with Crippen LogP contribution in [0.4, 0.5) is 27.1 Å². The molecule has 1 atom stereocenters. The molecule has 6 N–H and O–H groups in total. The lowest BCUT2D eigenvalue weighted by Gasteiger charge is -2.24. The Labute approximate surface area is 242 Å². The third kappa shape index (κ3) is 5.57. The first kappa shape index (κ1) is 27.4. The molecule has 3 aromatic carbocycles. The van der Waals surface area contributed by atoms with E-state index < -0.39 is 5.82 Å². The van der Waals surface area contributed by atoms with Crippen molar-refractivity contribution in [3.63, 3.8) is 0 Å². The molecule has 1 aliphatic rings. The van der Waals surface area contributed by atoms with Gasteiger partial charge in [0, 0.05) is 47.4 Å². The van der Waals surface area contributed by atoms with Crippen molar-refractivity contribution in [3.8, 4) is 6.07 Å². The van der Waals surface area contributed by atoms with Crippen LogP contribution < -0.4 is 27.0 Å². The first-order valence-corrected chi connectivity index (χ1v) is 13.6. The Morgan fingerprint density at radius 2 is 1.95 bits per heavy atom. The zero-order chi connectivity index (χ0) is 28.4. The van der Waals surface area contributed by atoms with Crippen LogP contribution in [0.1, 0.15) is 36.6 Å². The molecule has 0 spiro atoms. The van der Waals surface area contributed by atoms with Crippen LogP contribution in [0.25, 0.3) is 10.9 Å². The van der Waals surface area contributed by atoms with Gasteiger partial charge in [0.25, 0.3) is 0 Å². The van der Waals surface area contributed by atoms with Crippen molar-refractivity contribution in [1.29, 1.82) is 5.26 Å². The molecule has 0 saturated carbocycles.